The monoisotopic (exact) mass is 119 g/mol. The molecule has 8 heavy (non-hydrogen) atoms. The normalized spacial score (nSPS) is 10.5. The first-order chi connectivity index (χ1) is 3.85. The van der Waals surface area contributed by atoms with Crippen LogP contribution >= 0.6 is 0 Å². The fraction of sp³-hybridized carbons (Fsp3) is 1.00. The lowest BCUT2D eigenvalue weighted by Gasteiger charge is -2.13. The van der Waals surface area contributed by atoms with Gasteiger partial charge in [0, 0.05) is 7.05 Å². The van der Waals surface area contributed by atoms with E-state index >= 15 is 0 Å². The van der Waals surface area contributed by atoms with Crippen LogP contribution in [0.25, 0.3) is 0 Å². The lowest BCUT2D eigenvalue weighted by Crippen LogP contribution is -2.42. The first-order valence-corrected chi connectivity index (χ1v) is 2.52. The van der Waals surface area contributed by atoms with Gasteiger partial charge in [-0.15, -0.1) is 0 Å². The molecular formula is C4H13N3O. The summed E-state index contributed by atoms with van der Waals surface area (Å²) in [5, 5.41) is 5.71. The summed E-state index contributed by atoms with van der Waals surface area (Å²) in [6, 6.07) is 0. The number of nitrogens with one attached hydrogen (secondary N) is 3. The Labute approximate surface area is 49.6 Å². The van der Waals surface area contributed by atoms with E-state index in [4.69, 9.17) is 4.84 Å². The van der Waals surface area contributed by atoms with E-state index in [0.717, 1.165) is 0 Å². The number of rotatable bonds is 4. The first-order valence-electron chi connectivity index (χ1n) is 2.52. The number of hydrogen-bond donors (Lipinski definition) is 3. The van der Waals surface area contributed by atoms with E-state index in [9.17, 15) is 0 Å². The van der Waals surface area contributed by atoms with E-state index in [2.05, 4.69) is 16.1 Å². The Balaban J connectivity index is 3.07. The van der Waals surface area contributed by atoms with E-state index in [1.807, 2.05) is 0 Å². The fourth-order valence-corrected chi connectivity index (χ4v) is 0.380. The van der Waals surface area contributed by atoms with Crippen molar-refractivity contribution in [3.8, 4) is 0 Å². The Morgan fingerprint density at radius 3 is 1.75 bits per heavy atom. The van der Waals surface area contributed by atoms with Crippen molar-refractivity contribution in [2.45, 2.75) is 6.35 Å². The van der Waals surface area contributed by atoms with E-state index in [0.29, 0.717) is 0 Å². The van der Waals surface area contributed by atoms with Crippen LogP contribution in [-0.2, 0) is 4.84 Å². The standard InChI is InChI=1S/C4H13N3O/c1-5-4(6-2)8-7-3/h4-7H,1-3H3. The highest BCUT2D eigenvalue weighted by atomic mass is 16.7. The van der Waals surface area contributed by atoms with E-state index in [1.165, 1.54) is 0 Å². The molecule has 3 N–H and O–H groups in total. The first kappa shape index (κ1) is 7.84. The smallest absolute Gasteiger partial charge is 0.182 e. The molecule has 0 aromatic rings. The summed E-state index contributed by atoms with van der Waals surface area (Å²) in [4.78, 5) is 4.87. The maximum absolute atomic E-state index is 4.87. The van der Waals surface area contributed by atoms with Gasteiger partial charge in [0.15, 0.2) is 6.35 Å². The maximum atomic E-state index is 4.87. The van der Waals surface area contributed by atoms with Crippen LogP contribution in [0.1, 0.15) is 0 Å². The second kappa shape index (κ2) is 4.99. The Morgan fingerprint density at radius 1 is 1.12 bits per heavy atom. The Bertz CT molecular complexity index is 46.5. The van der Waals surface area contributed by atoms with Gasteiger partial charge in [-0.3, -0.25) is 15.5 Å². The molecule has 0 aromatic carbocycles. The molecule has 0 amide bonds. The third-order valence-electron chi connectivity index (χ3n) is 0.760. The van der Waals surface area contributed by atoms with Gasteiger partial charge in [-0.25, -0.2) is 5.48 Å². The molecule has 0 radical (unpaired) electrons. The Kier molecular flexibility index (Phi) is 4.89. The van der Waals surface area contributed by atoms with Crippen LogP contribution in [0, 0.1) is 0 Å². The molecule has 0 heterocycles. The van der Waals surface area contributed by atoms with Crippen LogP contribution in [0.2, 0.25) is 0 Å². The molecule has 0 rings (SSSR count). The van der Waals surface area contributed by atoms with Gasteiger partial charge in [-0.2, -0.15) is 0 Å². The molecule has 0 saturated heterocycles. The van der Waals surface area contributed by atoms with Gasteiger partial charge in [0.05, 0.1) is 0 Å². The van der Waals surface area contributed by atoms with Crippen molar-refractivity contribution in [1.82, 2.24) is 16.1 Å². The van der Waals surface area contributed by atoms with Crippen LogP contribution in [0.4, 0.5) is 0 Å². The quantitative estimate of drug-likeness (QED) is 0.323. The average molecular weight is 119 g/mol. The molecule has 0 aliphatic heterocycles. The third-order valence-corrected chi connectivity index (χ3v) is 0.760. The van der Waals surface area contributed by atoms with Crippen LogP contribution in [0.15, 0.2) is 0 Å². The highest BCUT2D eigenvalue weighted by Crippen LogP contribution is 1.69. The molecule has 0 unspecified atom stereocenters. The zero-order valence-electron chi connectivity index (χ0n) is 5.49. The highest BCUT2D eigenvalue weighted by Gasteiger charge is 1.96. The summed E-state index contributed by atoms with van der Waals surface area (Å²) in [5.41, 5.74) is 2.54. The van der Waals surface area contributed by atoms with E-state index < -0.39 is 0 Å². The largest absolute Gasteiger partial charge is 0.281 e. The zero-order valence-corrected chi connectivity index (χ0v) is 5.49. The van der Waals surface area contributed by atoms with Crippen molar-refractivity contribution in [3.63, 3.8) is 0 Å². The van der Waals surface area contributed by atoms with Gasteiger partial charge >= 0.3 is 0 Å². The summed E-state index contributed by atoms with van der Waals surface area (Å²) >= 11 is 0. The minimum absolute atomic E-state index is 0.111. The number of hydrogen-bond acceptors (Lipinski definition) is 4. The van der Waals surface area contributed by atoms with Crippen molar-refractivity contribution in [1.29, 1.82) is 0 Å². The van der Waals surface area contributed by atoms with Crippen molar-refractivity contribution in [2.75, 3.05) is 21.1 Å². The molecule has 4 nitrogen and oxygen atoms in total. The van der Waals surface area contributed by atoms with E-state index in [1.54, 1.807) is 21.1 Å². The minimum atomic E-state index is -0.111. The molecule has 0 aromatic heterocycles. The molecule has 0 aliphatic carbocycles. The topological polar surface area (TPSA) is 45.3 Å². The van der Waals surface area contributed by atoms with Gasteiger partial charge in [-0.05, 0) is 14.1 Å². The zero-order chi connectivity index (χ0) is 6.41. The van der Waals surface area contributed by atoms with Gasteiger partial charge in [-0.1, -0.05) is 0 Å². The van der Waals surface area contributed by atoms with Crippen LogP contribution in [0.3, 0.4) is 0 Å². The molecule has 0 atom stereocenters. The van der Waals surface area contributed by atoms with Crippen molar-refractivity contribution in [2.24, 2.45) is 0 Å². The number of hydroxylamine groups is 1. The van der Waals surface area contributed by atoms with Crippen LogP contribution in [-0.4, -0.2) is 27.5 Å². The van der Waals surface area contributed by atoms with Crippen molar-refractivity contribution >= 4 is 0 Å². The van der Waals surface area contributed by atoms with Crippen LogP contribution < -0.4 is 16.1 Å². The van der Waals surface area contributed by atoms with E-state index in [-0.39, 0.29) is 6.35 Å². The molecular weight excluding hydrogens is 106 g/mol. The second-order valence-electron chi connectivity index (χ2n) is 1.28. The summed E-state index contributed by atoms with van der Waals surface area (Å²) in [6.07, 6.45) is -0.111. The summed E-state index contributed by atoms with van der Waals surface area (Å²) < 4.78 is 0. The summed E-state index contributed by atoms with van der Waals surface area (Å²) in [5.74, 6) is 0. The lowest BCUT2D eigenvalue weighted by atomic mass is 10.9. The summed E-state index contributed by atoms with van der Waals surface area (Å²) in [6.45, 7) is 0. The molecule has 0 fully saturated rings. The Hall–Kier alpha value is -0.160. The molecule has 50 valence electrons. The van der Waals surface area contributed by atoms with Crippen molar-refractivity contribution < 1.29 is 4.84 Å². The minimum Gasteiger partial charge on any atom is -0.281 e. The van der Waals surface area contributed by atoms with Crippen LogP contribution in [0.5, 0.6) is 0 Å². The van der Waals surface area contributed by atoms with Crippen molar-refractivity contribution in [3.05, 3.63) is 0 Å². The molecule has 0 bridgehead atoms. The second-order valence-corrected chi connectivity index (χ2v) is 1.28. The lowest BCUT2D eigenvalue weighted by molar-refractivity contribution is -0.0417. The molecule has 0 aliphatic rings. The maximum Gasteiger partial charge on any atom is 0.182 e. The van der Waals surface area contributed by atoms with Gasteiger partial charge in [0.1, 0.15) is 0 Å². The molecule has 0 saturated carbocycles. The summed E-state index contributed by atoms with van der Waals surface area (Å²) in [7, 11) is 5.32. The molecule has 0 spiro atoms. The predicted octanol–water partition coefficient (Wildman–Crippen LogP) is -1.14. The highest BCUT2D eigenvalue weighted by molar-refractivity contribution is 4.38. The fourth-order valence-electron chi connectivity index (χ4n) is 0.380. The Morgan fingerprint density at radius 2 is 1.62 bits per heavy atom. The van der Waals surface area contributed by atoms with Gasteiger partial charge in [0.25, 0.3) is 0 Å². The average Bonchev–Trinajstić information content (AvgIpc) is 1.83. The van der Waals surface area contributed by atoms with Gasteiger partial charge < -0.3 is 0 Å². The predicted molar refractivity (Wildman–Crippen MR) is 32.1 cm³/mol. The van der Waals surface area contributed by atoms with Gasteiger partial charge in [0.2, 0.25) is 0 Å². The molecule has 4 heteroatoms. The third kappa shape index (κ3) is 2.92. The SMILES string of the molecule is CNOC(NC)NC.